The van der Waals surface area contributed by atoms with Gasteiger partial charge in [-0.1, -0.05) is 67.8 Å². The molecule has 1 N–H and O–H groups in total. The lowest BCUT2D eigenvalue weighted by molar-refractivity contribution is -0.146. The Kier molecular flexibility index (Phi) is 9.34. The van der Waals surface area contributed by atoms with Crippen LogP contribution < -0.4 is 15.0 Å². The molecule has 242 valence electrons. The summed E-state index contributed by atoms with van der Waals surface area (Å²) in [7, 11) is -3.96. The zero-order valence-electron chi connectivity index (χ0n) is 26.8. The molecule has 0 amide bonds. The van der Waals surface area contributed by atoms with Gasteiger partial charge >= 0.3 is 5.97 Å². The lowest BCUT2D eigenvalue weighted by Gasteiger charge is -2.41. The molecule has 0 radical (unpaired) electrons. The van der Waals surface area contributed by atoms with Gasteiger partial charge in [-0.25, -0.2) is 13.2 Å². The molecule has 8 nitrogen and oxygen atoms in total. The molecule has 1 atom stereocenters. The second-order valence-electron chi connectivity index (χ2n) is 12.8. The Morgan fingerprint density at radius 3 is 2.46 bits per heavy atom. The van der Waals surface area contributed by atoms with Crippen LogP contribution in [0.25, 0.3) is 11.0 Å². The van der Waals surface area contributed by atoms with Crippen molar-refractivity contribution in [3.63, 3.8) is 0 Å². The lowest BCUT2D eigenvalue weighted by Crippen LogP contribution is -2.41. The molecule has 1 spiro atoms. The van der Waals surface area contributed by atoms with Crippen molar-refractivity contribution in [3.05, 3.63) is 100 Å². The summed E-state index contributed by atoms with van der Waals surface area (Å²) in [5.74, 6) is 0.0419. The standard InChI is InChI=1S/C37H42N2O6S/c1-4-11-32(39-46(41,42)29-16-14-25(2)15-17-29)36(40)45-38-35-31(22-27-12-7-5-8-13-27)26(3)30-23-28-18-21-37(19-9-6-10-20-37)44-33(28)24-34(30)43-35/h5,7-8,12-17,23-24,32,39H,4,6,9-11,18-22H2,1-3H3/b38-35+. The van der Waals surface area contributed by atoms with Gasteiger partial charge in [-0.3, -0.25) is 0 Å². The fourth-order valence-corrected chi connectivity index (χ4v) is 7.89. The van der Waals surface area contributed by atoms with Crippen LogP contribution in [0.15, 0.2) is 81.2 Å². The third-order valence-electron chi connectivity index (χ3n) is 9.36. The summed E-state index contributed by atoms with van der Waals surface area (Å²) in [6, 6.07) is 19.4. The van der Waals surface area contributed by atoms with Crippen LogP contribution in [0.5, 0.6) is 5.75 Å². The first-order valence-electron chi connectivity index (χ1n) is 16.3. The smallest absolute Gasteiger partial charge is 0.352 e. The molecule has 3 aromatic carbocycles. The molecule has 1 aliphatic carbocycles. The molecule has 46 heavy (non-hydrogen) atoms. The van der Waals surface area contributed by atoms with Crippen molar-refractivity contribution >= 4 is 27.0 Å². The van der Waals surface area contributed by atoms with Crippen LogP contribution in [0, 0.1) is 13.8 Å². The summed E-state index contributed by atoms with van der Waals surface area (Å²) in [4.78, 5) is 18.9. The van der Waals surface area contributed by atoms with E-state index in [9.17, 15) is 13.2 Å². The van der Waals surface area contributed by atoms with E-state index in [4.69, 9.17) is 14.0 Å². The monoisotopic (exact) mass is 642 g/mol. The van der Waals surface area contributed by atoms with Gasteiger partial charge in [0.1, 0.15) is 23.0 Å². The second kappa shape index (κ2) is 13.4. The Balaban J connectivity index is 1.35. The molecule has 1 unspecified atom stereocenters. The van der Waals surface area contributed by atoms with Crippen molar-refractivity contribution in [1.82, 2.24) is 4.72 Å². The van der Waals surface area contributed by atoms with Crippen molar-refractivity contribution < 1.29 is 27.2 Å². The van der Waals surface area contributed by atoms with Gasteiger partial charge in [-0.15, -0.1) is 0 Å². The molecule has 1 aromatic heterocycles. The largest absolute Gasteiger partial charge is 0.487 e. The van der Waals surface area contributed by atoms with E-state index in [0.29, 0.717) is 18.4 Å². The van der Waals surface area contributed by atoms with Gasteiger partial charge in [0, 0.05) is 23.4 Å². The molecule has 9 heteroatoms. The highest BCUT2D eigenvalue weighted by molar-refractivity contribution is 7.89. The number of hydrogen-bond donors (Lipinski definition) is 1. The van der Waals surface area contributed by atoms with E-state index < -0.39 is 22.0 Å². The molecular weight excluding hydrogens is 600 g/mol. The molecule has 0 bridgehead atoms. The van der Waals surface area contributed by atoms with E-state index in [1.165, 1.54) is 37.0 Å². The number of rotatable bonds is 9. The quantitative estimate of drug-likeness (QED) is 0.153. The summed E-state index contributed by atoms with van der Waals surface area (Å²) < 4.78 is 41.8. The van der Waals surface area contributed by atoms with Gasteiger partial charge < -0.3 is 14.0 Å². The van der Waals surface area contributed by atoms with Crippen LogP contribution in [0.4, 0.5) is 0 Å². The number of sulfonamides is 1. The van der Waals surface area contributed by atoms with Gasteiger partial charge in [0.25, 0.3) is 5.55 Å². The molecule has 2 aliphatic rings. The summed E-state index contributed by atoms with van der Waals surface area (Å²) in [6.07, 6.45) is 9.06. The fourth-order valence-electron chi connectivity index (χ4n) is 6.68. The van der Waals surface area contributed by atoms with Gasteiger partial charge in [0.05, 0.1) is 4.90 Å². The predicted octanol–water partition coefficient (Wildman–Crippen LogP) is 7.17. The predicted molar refractivity (Wildman–Crippen MR) is 177 cm³/mol. The number of fused-ring (bicyclic) bond motifs is 2. The highest BCUT2D eigenvalue weighted by atomic mass is 32.2. The van der Waals surface area contributed by atoms with E-state index in [1.54, 1.807) is 12.1 Å². The number of aryl methyl sites for hydroxylation is 3. The Morgan fingerprint density at radius 1 is 1.00 bits per heavy atom. The van der Waals surface area contributed by atoms with Gasteiger partial charge in [0.2, 0.25) is 10.0 Å². The second-order valence-corrected chi connectivity index (χ2v) is 14.5. The van der Waals surface area contributed by atoms with E-state index in [1.807, 2.05) is 57.2 Å². The number of hydrogen-bond acceptors (Lipinski definition) is 7. The topological polar surface area (TPSA) is 107 Å². The molecule has 1 aliphatic heterocycles. The Morgan fingerprint density at radius 2 is 1.74 bits per heavy atom. The minimum atomic E-state index is -3.96. The average Bonchev–Trinajstić information content (AvgIpc) is 3.05. The van der Waals surface area contributed by atoms with Crippen molar-refractivity contribution in [2.45, 2.75) is 102 Å². The first-order chi connectivity index (χ1) is 22.2. The summed E-state index contributed by atoms with van der Waals surface area (Å²) in [6.45, 7) is 5.78. The van der Waals surface area contributed by atoms with Crippen LogP contribution in [-0.2, 0) is 32.5 Å². The highest BCUT2D eigenvalue weighted by Crippen LogP contribution is 2.43. The average molecular weight is 643 g/mol. The lowest BCUT2D eigenvalue weighted by atomic mass is 9.79. The molecule has 0 saturated heterocycles. The highest BCUT2D eigenvalue weighted by Gasteiger charge is 2.37. The number of ether oxygens (including phenoxy) is 1. The van der Waals surface area contributed by atoms with E-state index in [2.05, 4.69) is 15.9 Å². The van der Waals surface area contributed by atoms with Gasteiger partial charge in [-0.05, 0) is 98.8 Å². The van der Waals surface area contributed by atoms with Crippen molar-refractivity contribution in [1.29, 1.82) is 0 Å². The third kappa shape index (κ3) is 6.90. The maximum Gasteiger partial charge on any atom is 0.352 e. The maximum atomic E-state index is 13.3. The fraction of sp³-hybridized carbons (Fsp3) is 0.405. The van der Waals surface area contributed by atoms with E-state index >= 15 is 0 Å². The minimum absolute atomic E-state index is 0.0785. The van der Waals surface area contributed by atoms with E-state index in [-0.39, 0.29) is 22.5 Å². The third-order valence-corrected chi connectivity index (χ3v) is 10.8. The number of carbonyl (C=O) groups excluding carboxylic acids is 1. The Hall–Kier alpha value is -3.95. The molecule has 2 heterocycles. The van der Waals surface area contributed by atoms with Crippen LogP contribution >= 0.6 is 0 Å². The Bertz CT molecular complexity index is 1890. The SMILES string of the molecule is CCCC(NS(=O)(=O)c1ccc(C)cc1)C(=O)O/N=c1/oc2cc3c(cc2c(C)c1Cc1ccccc1)CCC1(CCCCC1)O3. The molecule has 1 saturated carbocycles. The molecule has 6 rings (SSSR count). The first-order valence-corrected chi connectivity index (χ1v) is 17.8. The van der Waals surface area contributed by atoms with Crippen LogP contribution in [0.2, 0.25) is 0 Å². The van der Waals surface area contributed by atoms with Gasteiger partial charge in [0.15, 0.2) is 0 Å². The summed E-state index contributed by atoms with van der Waals surface area (Å²) in [5.41, 5.74) is 5.59. The minimum Gasteiger partial charge on any atom is -0.487 e. The molecule has 4 aromatic rings. The molecular formula is C37H42N2O6S. The summed E-state index contributed by atoms with van der Waals surface area (Å²) in [5, 5.41) is 5.20. The number of nitrogens with one attached hydrogen (secondary N) is 1. The Labute approximate surface area is 270 Å². The van der Waals surface area contributed by atoms with Crippen molar-refractivity contribution in [2.75, 3.05) is 0 Å². The normalized spacial score (nSPS) is 17.0. The maximum absolute atomic E-state index is 13.3. The van der Waals surface area contributed by atoms with E-state index in [0.717, 1.165) is 59.1 Å². The zero-order chi connectivity index (χ0) is 32.3. The van der Waals surface area contributed by atoms with Gasteiger partial charge in [-0.2, -0.15) is 4.72 Å². The van der Waals surface area contributed by atoms with Crippen LogP contribution in [-0.4, -0.2) is 26.0 Å². The van der Waals surface area contributed by atoms with Crippen LogP contribution in [0.1, 0.15) is 86.1 Å². The number of nitrogens with zero attached hydrogens (tertiary/aromatic N) is 1. The van der Waals surface area contributed by atoms with Crippen molar-refractivity contribution in [3.8, 4) is 5.75 Å². The number of benzene rings is 3. The molecule has 1 fully saturated rings. The first kappa shape index (κ1) is 32.0. The zero-order valence-corrected chi connectivity index (χ0v) is 27.6. The number of carbonyl (C=O) groups is 1. The van der Waals surface area contributed by atoms with Crippen LogP contribution in [0.3, 0.4) is 0 Å². The van der Waals surface area contributed by atoms with Crippen molar-refractivity contribution in [2.24, 2.45) is 5.16 Å². The summed E-state index contributed by atoms with van der Waals surface area (Å²) >= 11 is 0.